The van der Waals surface area contributed by atoms with Gasteiger partial charge < -0.3 is 5.32 Å². The van der Waals surface area contributed by atoms with Crippen LogP contribution < -0.4 is 5.32 Å². The number of hydrogen-bond acceptors (Lipinski definition) is 2. The van der Waals surface area contributed by atoms with Crippen LogP contribution in [0.3, 0.4) is 0 Å². The number of nitrogens with zero attached hydrogens (tertiary/aromatic N) is 1. The molecule has 2 saturated heterocycles. The Balaban J connectivity index is 1.54. The van der Waals surface area contributed by atoms with E-state index in [2.05, 4.69) is 10.2 Å². The van der Waals surface area contributed by atoms with Gasteiger partial charge in [0, 0.05) is 31.2 Å². The van der Waals surface area contributed by atoms with E-state index >= 15 is 0 Å². The van der Waals surface area contributed by atoms with Crippen LogP contribution in [-0.2, 0) is 0 Å². The predicted octanol–water partition coefficient (Wildman–Crippen LogP) is 1.22. The summed E-state index contributed by atoms with van der Waals surface area (Å²) in [6.45, 7) is 2.64. The van der Waals surface area contributed by atoms with Crippen LogP contribution in [0, 0.1) is 11.8 Å². The van der Waals surface area contributed by atoms with Crippen LogP contribution in [-0.4, -0.2) is 36.1 Å². The number of hydrogen-bond donors (Lipinski definition) is 1. The van der Waals surface area contributed by atoms with Crippen molar-refractivity contribution in [2.24, 2.45) is 11.8 Å². The molecule has 0 spiro atoms. The first-order chi connectivity index (χ1) is 6.90. The highest BCUT2D eigenvalue weighted by Crippen LogP contribution is 2.48. The zero-order valence-electron chi connectivity index (χ0n) is 8.78. The van der Waals surface area contributed by atoms with Crippen molar-refractivity contribution >= 4 is 0 Å². The van der Waals surface area contributed by atoms with E-state index in [9.17, 15) is 0 Å². The van der Waals surface area contributed by atoms with Crippen LogP contribution in [0.5, 0.6) is 0 Å². The van der Waals surface area contributed by atoms with Gasteiger partial charge in [0.25, 0.3) is 0 Å². The summed E-state index contributed by atoms with van der Waals surface area (Å²) in [6, 6.07) is 2.74. The van der Waals surface area contributed by atoms with E-state index in [0.29, 0.717) is 0 Å². The molecule has 4 fully saturated rings. The maximum absolute atomic E-state index is 3.61. The zero-order valence-corrected chi connectivity index (χ0v) is 8.78. The Morgan fingerprint density at radius 1 is 1.07 bits per heavy atom. The van der Waals surface area contributed by atoms with Crippen molar-refractivity contribution in [2.45, 2.75) is 50.2 Å². The normalized spacial score (nSPS) is 56.1. The lowest BCUT2D eigenvalue weighted by atomic mass is 9.93. The van der Waals surface area contributed by atoms with Gasteiger partial charge in [0.1, 0.15) is 0 Å². The average molecular weight is 192 g/mol. The number of rotatable bonds is 1. The Morgan fingerprint density at radius 3 is 2.64 bits per heavy atom. The highest BCUT2D eigenvalue weighted by Gasteiger charge is 2.48. The quantitative estimate of drug-likeness (QED) is 0.672. The first-order valence-corrected chi connectivity index (χ1v) is 6.39. The maximum atomic E-state index is 3.61. The minimum absolute atomic E-state index is 0.846. The van der Waals surface area contributed by atoms with Crippen LogP contribution in [0.1, 0.15) is 32.1 Å². The highest BCUT2D eigenvalue weighted by molar-refractivity contribution is 5.04. The molecular formula is C12H20N2. The molecule has 0 radical (unpaired) electrons. The van der Waals surface area contributed by atoms with Crippen LogP contribution in [0.2, 0.25) is 0 Å². The van der Waals surface area contributed by atoms with Crippen LogP contribution in [0.15, 0.2) is 0 Å². The summed E-state index contributed by atoms with van der Waals surface area (Å²) in [7, 11) is 0. The molecule has 4 rings (SSSR count). The van der Waals surface area contributed by atoms with Crippen molar-refractivity contribution in [3.8, 4) is 0 Å². The van der Waals surface area contributed by atoms with E-state index in [4.69, 9.17) is 0 Å². The van der Waals surface area contributed by atoms with E-state index < -0.39 is 0 Å². The number of piperazine rings is 1. The third-order valence-corrected chi connectivity index (χ3v) is 5.23. The Bertz CT molecular complexity index is 227. The Hall–Kier alpha value is -0.0800. The average Bonchev–Trinajstić information content (AvgIpc) is 2.96. The molecule has 2 nitrogen and oxygen atoms in total. The minimum atomic E-state index is 0.846. The Kier molecular flexibility index (Phi) is 1.58. The van der Waals surface area contributed by atoms with E-state index in [1.165, 1.54) is 32.4 Å². The summed E-state index contributed by atoms with van der Waals surface area (Å²) in [4.78, 5) is 2.87. The first-order valence-electron chi connectivity index (χ1n) is 6.39. The molecule has 2 aliphatic carbocycles. The van der Waals surface area contributed by atoms with Gasteiger partial charge in [-0.1, -0.05) is 6.42 Å². The highest BCUT2D eigenvalue weighted by atomic mass is 15.3. The molecule has 4 unspecified atom stereocenters. The molecule has 0 aromatic carbocycles. The Labute approximate surface area is 86.0 Å². The monoisotopic (exact) mass is 192 g/mol. The van der Waals surface area contributed by atoms with Gasteiger partial charge in [-0.05, 0) is 37.5 Å². The summed E-state index contributed by atoms with van der Waals surface area (Å²) >= 11 is 0. The fourth-order valence-electron chi connectivity index (χ4n) is 4.62. The van der Waals surface area contributed by atoms with E-state index in [1.807, 2.05) is 0 Å². The van der Waals surface area contributed by atoms with Crippen molar-refractivity contribution in [2.75, 3.05) is 13.1 Å². The molecule has 4 bridgehead atoms. The van der Waals surface area contributed by atoms with Crippen LogP contribution in [0.25, 0.3) is 0 Å². The second-order valence-electron chi connectivity index (χ2n) is 5.93. The molecule has 2 heteroatoms. The van der Waals surface area contributed by atoms with Crippen molar-refractivity contribution in [3.05, 3.63) is 0 Å². The molecule has 2 heterocycles. The van der Waals surface area contributed by atoms with Gasteiger partial charge in [0.05, 0.1) is 0 Å². The molecule has 0 amide bonds. The molecule has 2 aliphatic heterocycles. The molecular weight excluding hydrogens is 172 g/mol. The Morgan fingerprint density at radius 2 is 2.07 bits per heavy atom. The van der Waals surface area contributed by atoms with Crippen molar-refractivity contribution in [1.29, 1.82) is 0 Å². The van der Waals surface area contributed by atoms with Gasteiger partial charge in [-0.15, -0.1) is 0 Å². The smallest absolute Gasteiger partial charge is 0.0239 e. The summed E-state index contributed by atoms with van der Waals surface area (Å²) < 4.78 is 0. The van der Waals surface area contributed by atoms with Gasteiger partial charge in [0.2, 0.25) is 0 Å². The number of nitrogens with one attached hydrogen (secondary N) is 1. The molecule has 4 aliphatic rings. The second kappa shape index (κ2) is 2.73. The third-order valence-electron chi connectivity index (χ3n) is 5.23. The topological polar surface area (TPSA) is 15.3 Å². The van der Waals surface area contributed by atoms with Crippen molar-refractivity contribution in [3.63, 3.8) is 0 Å². The molecule has 2 saturated carbocycles. The molecule has 1 N–H and O–H groups in total. The standard InChI is InChI=1S/C12H20N2/c1-2-9-3-8(1)4-12(9)14-7-10-5-11(14)6-13-10/h8-13H,1-7H2/t8-,9?,10?,11?,12?/m0/s1. The van der Waals surface area contributed by atoms with E-state index in [1.54, 1.807) is 12.8 Å². The predicted molar refractivity (Wildman–Crippen MR) is 56.1 cm³/mol. The molecule has 14 heavy (non-hydrogen) atoms. The molecule has 78 valence electrons. The van der Waals surface area contributed by atoms with Gasteiger partial charge in [-0.3, -0.25) is 4.90 Å². The third kappa shape index (κ3) is 0.989. The lowest BCUT2D eigenvalue weighted by Gasteiger charge is -2.37. The van der Waals surface area contributed by atoms with Crippen molar-refractivity contribution < 1.29 is 0 Å². The number of fused-ring (bicyclic) bond motifs is 4. The zero-order chi connectivity index (χ0) is 9.12. The van der Waals surface area contributed by atoms with Crippen molar-refractivity contribution in [1.82, 2.24) is 10.2 Å². The van der Waals surface area contributed by atoms with Crippen LogP contribution in [0.4, 0.5) is 0 Å². The molecule has 5 atom stereocenters. The van der Waals surface area contributed by atoms with E-state index in [-0.39, 0.29) is 0 Å². The van der Waals surface area contributed by atoms with E-state index in [0.717, 1.165) is 30.0 Å². The fraction of sp³-hybridized carbons (Fsp3) is 1.00. The molecule has 0 aromatic rings. The maximum Gasteiger partial charge on any atom is 0.0239 e. The summed E-state index contributed by atoms with van der Waals surface area (Å²) in [5, 5.41) is 3.61. The lowest BCUT2D eigenvalue weighted by Crippen LogP contribution is -2.50. The lowest BCUT2D eigenvalue weighted by molar-refractivity contribution is 0.114. The van der Waals surface area contributed by atoms with Gasteiger partial charge in [0.15, 0.2) is 0 Å². The summed E-state index contributed by atoms with van der Waals surface area (Å²) in [5.41, 5.74) is 0. The second-order valence-corrected chi connectivity index (χ2v) is 5.93. The van der Waals surface area contributed by atoms with Crippen LogP contribution >= 0.6 is 0 Å². The molecule has 0 aromatic heterocycles. The largest absolute Gasteiger partial charge is 0.311 e. The van der Waals surface area contributed by atoms with Gasteiger partial charge >= 0.3 is 0 Å². The minimum Gasteiger partial charge on any atom is -0.311 e. The summed E-state index contributed by atoms with van der Waals surface area (Å²) in [5.74, 6) is 2.19. The SMILES string of the molecule is C1C[C@H]2CC1C(N1CC3CC1CN3)C2. The fourth-order valence-corrected chi connectivity index (χ4v) is 4.62. The number of likely N-dealkylation sites (tertiary alicyclic amines) is 1. The van der Waals surface area contributed by atoms with Gasteiger partial charge in [-0.2, -0.15) is 0 Å². The summed E-state index contributed by atoms with van der Waals surface area (Å²) in [6.07, 6.45) is 7.62. The first kappa shape index (κ1) is 8.12. The van der Waals surface area contributed by atoms with Gasteiger partial charge in [-0.25, -0.2) is 0 Å².